The van der Waals surface area contributed by atoms with E-state index in [1.807, 2.05) is 6.07 Å². The van der Waals surface area contributed by atoms with Crippen molar-refractivity contribution in [2.24, 2.45) is 5.16 Å². The van der Waals surface area contributed by atoms with Crippen molar-refractivity contribution in [3.05, 3.63) is 39.4 Å². The van der Waals surface area contributed by atoms with Gasteiger partial charge in [-0.3, -0.25) is 10.1 Å². The van der Waals surface area contributed by atoms with E-state index in [-0.39, 0.29) is 10.6 Å². The monoisotopic (exact) mass is 206 g/mol. The molecule has 0 saturated carbocycles. The van der Waals surface area contributed by atoms with Gasteiger partial charge in [-0.15, -0.1) is 0 Å². The first-order valence-electron chi connectivity index (χ1n) is 4.60. The quantitative estimate of drug-likeness (QED) is 0.548. The Morgan fingerprint density at radius 3 is 2.93 bits per heavy atom. The fraction of sp³-hybridized carbons (Fsp3) is 0.300. The SMILES string of the molecule is CO/N=C1\CCc2c1cccc2[N+](=O)[O-]. The van der Waals surface area contributed by atoms with Crippen LogP contribution in [0.3, 0.4) is 0 Å². The van der Waals surface area contributed by atoms with Crippen LogP contribution in [0.1, 0.15) is 17.5 Å². The van der Waals surface area contributed by atoms with E-state index in [1.165, 1.54) is 13.2 Å². The van der Waals surface area contributed by atoms with Crippen molar-refractivity contribution in [1.82, 2.24) is 0 Å². The van der Waals surface area contributed by atoms with Crippen LogP contribution >= 0.6 is 0 Å². The number of rotatable bonds is 2. The number of fused-ring (bicyclic) bond motifs is 1. The normalized spacial score (nSPS) is 16.5. The van der Waals surface area contributed by atoms with Gasteiger partial charge in [0, 0.05) is 17.2 Å². The van der Waals surface area contributed by atoms with E-state index in [2.05, 4.69) is 5.16 Å². The summed E-state index contributed by atoms with van der Waals surface area (Å²) in [6.45, 7) is 0. The van der Waals surface area contributed by atoms with Crippen LogP contribution in [0.25, 0.3) is 0 Å². The van der Waals surface area contributed by atoms with Crippen molar-refractivity contribution >= 4 is 11.4 Å². The molecule has 1 aliphatic carbocycles. The smallest absolute Gasteiger partial charge is 0.273 e. The Balaban J connectivity index is 2.53. The zero-order valence-electron chi connectivity index (χ0n) is 8.27. The molecule has 15 heavy (non-hydrogen) atoms. The van der Waals surface area contributed by atoms with Gasteiger partial charge in [0.15, 0.2) is 0 Å². The van der Waals surface area contributed by atoms with E-state index in [9.17, 15) is 10.1 Å². The molecule has 0 fully saturated rings. The molecule has 0 spiro atoms. The Kier molecular flexibility index (Phi) is 2.37. The van der Waals surface area contributed by atoms with Crippen molar-refractivity contribution in [3.8, 4) is 0 Å². The number of nitro benzene ring substituents is 1. The van der Waals surface area contributed by atoms with Gasteiger partial charge in [0.25, 0.3) is 5.69 Å². The lowest BCUT2D eigenvalue weighted by Gasteiger charge is -1.99. The first-order valence-corrected chi connectivity index (χ1v) is 4.60. The van der Waals surface area contributed by atoms with Gasteiger partial charge >= 0.3 is 0 Å². The van der Waals surface area contributed by atoms with Crippen molar-refractivity contribution < 1.29 is 9.76 Å². The summed E-state index contributed by atoms with van der Waals surface area (Å²) in [5, 5.41) is 14.6. The highest BCUT2D eigenvalue weighted by atomic mass is 16.6. The summed E-state index contributed by atoms with van der Waals surface area (Å²) >= 11 is 0. The molecule has 1 aromatic rings. The van der Waals surface area contributed by atoms with Crippen molar-refractivity contribution in [3.63, 3.8) is 0 Å². The van der Waals surface area contributed by atoms with Crippen LogP contribution in [-0.2, 0) is 11.3 Å². The predicted octanol–water partition coefficient (Wildman–Crippen LogP) is 1.89. The third-order valence-electron chi connectivity index (χ3n) is 2.47. The molecule has 0 aromatic heterocycles. The van der Waals surface area contributed by atoms with Crippen LogP contribution in [0.2, 0.25) is 0 Å². The molecule has 0 heterocycles. The fourth-order valence-corrected chi connectivity index (χ4v) is 1.86. The van der Waals surface area contributed by atoms with Gasteiger partial charge in [0.2, 0.25) is 0 Å². The zero-order valence-corrected chi connectivity index (χ0v) is 8.27. The molecule has 2 rings (SSSR count). The minimum Gasteiger partial charge on any atom is -0.399 e. The van der Waals surface area contributed by atoms with Crippen LogP contribution < -0.4 is 0 Å². The average molecular weight is 206 g/mol. The van der Waals surface area contributed by atoms with Crippen LogP contribution in [0, 0.1) is 10.1 Å². The third kappa shape index (κ3) is 1.56. The lowest BCUT2D eigenvalue weighted by Crippen LogP contribution is -1.97. The van der Waals surface area contributed by atoms with Gasteiger partial charge in [0.05, 0.1) is 10.6 Å². The molecular weight excluding hydrogens is 196 g/mol. The van der Waals surface area contributed by atoms with E-state index in [0.717, 1.165) is 16.8 Å². The third-order valence-corrected chi connectivity index (χ3v) is 2.47. The number of hydrogen-bond donors (Lipinski definition) is 0. The molecule has 0 amide bonds. The molecular formula is C10H10N2O3. The summed E-state index contributed by atoms with van der Waals surface area (Å²) < 4.78 is 0. The highest BCUT2D eigenvalue weighted by molar-refractivity contribution is 6.05. The Morgan fingerprint density at radius 1 is 1.47 bits per heavy atom. The molecule has 1 aromatic carbocycles. The molecule has 0 bridgehead atoms. The molecule has 5 heteroatoms. The lowest BCUT2D eigenvalue weighted by atomic mass is 10.1. The Hall–Kier alpha value is -1.91. The molecule has 0 N–H and O–H groups in total. The molecule has 0 saturated heterocycles. The minimum atomic E-state index is -0.353. The van der Waals surface area contributed by atoms with Crippen molar-refractivity contribution in [2.75, 3.05) is 7.11 Å². The average Bonchev–Trinajstić information content (AvgIpc) is 2.62. The van der Waals surface area contributed by atoms with E-state index in [4.69, 9.17) is 4.84 Å². The first-order chi connectivity index (χ1) is 7.24. The second-order valence-electron chi connectivity index (χ2n) is 3.28. The van der Waals surface area contributed by atoms with Crippen molar-refractivity contribution in [2.45, 2.75) is 12.8 Å². The lowest BCUT2D eigenvalue weighted by molar-refractivity contribution is -0.385. The summed E-state index contributed by atoms with van der Waals surface area (Å²) in [4.78, 5) is 15.1. The summed E-state index contributed by atoms with van der Waals surface area (Å²) in [5.41, 5.74) is 2.56. The Labute approximate surface area is 86.5 Å². The predicted molar refractivity (Wildman–Crippen MR) is 55.0 cm³/mol. The first kappa shape index (κ1) is 9.64. The summed E-state index contributed by atoms with van der Waals surface area (Å²) in [7, 11) is 1.47. The van der Waals surface area contributed by atoms with Crippen LogP contribution in [0.5, 0.6) is 0 Å². The van der Waals surface area contributed by atoms with E-state index in [1.54, 1.807) is 6.07 Å². The molecule has 0 atom stereocenters. The Morgan fingerprint density at radius 2 is 2.27 bits per heavy atom. The highest BCUT2D eigenvalue weighted by Gasteiger charge is 2.25. The molecule has 1 aliphatic rings. The fourth-order valence-electron chi connectivity index (χ4n) is 1.86. The molecule has 0 radical (unpaired) electrons. The highest BCUT2D eigenvalue weighted by Crippen LogP contribution is 2.30. The van der Waals surface area contributed by atoms with Gasteiger partial charge in [-0.25, -0.2) is 0 Å². The van der Waals surface area contributed by atoms with Gasteiger partial charge in [-0.1, -0.05) is 17.3 Å². The van der Waals surface area contributed by atoms with E-state index >= 15 is 0 Å². The van der Waals surface area contributed by atoms with E-state index < -0.39 is 0 Å². The topological polar surface area (TPSA) is 64.7 Å². The molecule has 0 aliphatic heterocycles. The number of hydrogen-bond acceptors (Lipinski definition) is 4. The number of nitrogens with zero attached hydrogens (tertiary/aromatic N) is 2. The zero-order chi connectivity index (χ0) is 10.8. The summed E-state index contributed by atoms with van der Waals surface area (Å²) in [6.07, 6.45) is 1.36. The largest absolute Gasteiger partial charge is 0.399 e. The van der Waals surface area contributed by atoms with Crippen LogP contribution in [0.4, 0.5) is 5.69 Å². The van der Waals surface area contributed by atoms with E-state index in [0.29, 0.717) is 12.8 Å². The molecule has 78 valence electrons. The molecule has 5 nitrogen and oxygen atoms in total. The second-order valence-corrected chi connectivity index (χ2v) is 3.28. The van der Waals surface area contributed by atoms with Gasteiger partial charge in [-0.05, 0) is 12.8 Å². The van der Waals surface area contributed by atoms with Crippen molar-refractivity contribution in [1.29, 1.82) is 0 Å². The Bertz CT molecular complexity index is 440. The maximum atomic E-state index is 10.8. The van der Waals surface area contributed by atoms with Crippen LogP contribution in [-0.4, -0.2) is 17.7 Å². The summed E-state index contributed by atoms with van der Waals surface area (Å²) in [6, 6.07) is 5.04. The standard InChI is InChI=1S/C10H10N2O3/c1-15-11-9-6-5-8-7(9)3-2-4-10(8)12(13)14/h2-4H,5-6H2,1H3/b11-9+. The minimum absolute atomic E-state index is 0.175. The second kappa shape index (κ2) is 3.68. The number of nitro groups is 1. The van der Waals surface area contributed by atoms with Gasteiger partial charge in [0.1, 0.15) is 7.11 Å². The van der Waals surface area contributed by atoms with Crippen LogP contribution in [0.15, 0.2) is 23.4 Å². The number of benzene rings is 1. The van der Waals surface area contributed by atoms with Gasteiger partial charge < -0.3 is 4.84 Å². The molecule has 0 unspecified atom stereocenters. The van der Waals surface area contributed by atoms with Gasteiger partial charge in [-0.2, -0.15) is 0 Å². The maximum absolute atomic E-state index is 10.8. The summed E-state index contributed by atoms with van der Waals surface area (Å²) in [5.74, 6) is 0. The maximum Gasteiger partial charge on any atom is 0.273 e. The number of oxime groups is 1.